The normalized spacial score (nSPS) is 13.3. The molecule has 0 fully saturated rings. The molecule has 0 amide bonds. The van der Waals surface area contributed by atoms with Crippen molar-refractivity contribution in [1.29, 1.82) is 0 Å². The first-order chi connectivity index (χ1) is 25.6. The van der Waals surface area contributed by atoms with Gasteiger partial charge in [-0.1, -0.05) is 141 Å². The first-order valence-corrected chi connectivity index (χ1v) is 18.7. The van der Waals surface area contributed by atoms with Crippen molar-refractivity contribution >= 4 is 81.3 Å². The number of nitrogens with zero attached hydrogens (tertiary/aromatic N) is 1. The highest BCUT2D eigenvalue weighted by Crippen LogP contribution is 2.53. The van der Waals surface area contributed by atoms with Gasteiger partial charge in [0.2, 0.25) is 0 Å². The fourth-order valence-electron chi connectivity index (χ4n) is 8.80. The minimum atomic E-state index is -0.132. The van der Waals surface area contributed by atoms with Crippen LogP contribution in [0.3, 0.4) is 0 Å². The van der Waals surface area contributed by atoms with Crippen molar-refractivity contribution in [3.63, 3.8) is 0 Å². The molecule has 0 atom stereocenters. The number of anilines is 3. The predicted molar refractivity (Wildman–Crippen MR) is 222 cm³/mol. The molecule has 0 saturated carbocycles. The van der Waals surface area contributed by atoms with Crippen LogP contribution in [-0.4, -0.2) is 0 Å². The minimum Gasteiger partial charge on any atom is -0.453 e. The summed E-state index contributed by atoms with van der Waals surface area (Å²) in [6, 6.07) is 59.7. The fourth-order valence-corrected chi connectivity index (χ4v) is 10.0. The Labute approximate surface area is 305 Å². The van der Waals surface area contributed by atoms with Crippen molar-refractivity contribution in [2.45, 2.75) is 19.3 Å². The van der Waals surface area contributed by atoms with Gasteiger partial charge in [0.25, 0.3) is 0 Å². The highest BCUT2D eigenvalue weighted by molar-refractivity contribution is 7.26. The highest BCUT2D eigenvalue weighted by atomic mass is 32.1. The summed E-state index contributed by atoms with van der Waals surface area (Å²) in [7, 11) is 0. The molecule has 2 heterocycles. The Kier molecular flexibility index (Phi) is 6.21. The molecule has 0 radical (unpaired) electrons. The Morgan fingerprint density at radius 2 is 1.19 bits per heavy atom. The molecule has 8 aromatic carbocycles. The second-order valence-electron chi connectivity index (χ2n) is 14.5. The van der Waals surface area contributed by atoms with Gasteiger partial charge < -0.3 is 9.32 Å². The van der Waals surface area contributed by atoms with E-state index in [1.54, 1.807) is 0 Å². The number of rotatable bonds is 4. The third kappa shape index (κ3) is 4.11. The van der Waals surface area contributed by atoms with Gasteiger partial charge in [0, 0.05) is 42.9 Å². The summed E-state index contributed by atoms with van der Waals surface area (Å²) in [5.41, 5.74) is 12.6. The molecule has 1 aliphatic carbocycles. The van der Waals surface area contributed by atoms with Gasteiger partial charge >= 0.3 is 0 Å². The molecule has 1 aliphatic rings. The predicted octanol–water partition coefficient (Wildman–Crippen LogP) is 14.6. The zero-order valence-corrected chi connectivity index (χ0v) is 29.7. The van der Waals surface area contributed by atoms with Crippen LogP contribution < -0.4 is 4.90 Å². The van der Waals surface area contributed by atoms with Gasteiger partial charge in [0.15, 0.2) is 5.58 Å². The van der Waals surface area contributed by atoms with Crippen molar-refractivity contribution in [1.82, 2.24) is 0 Å². The molecule has 52 heavy (non-hydrogen) atoms. The Morgan fingerprint density at radius 1 is 0.500 bits per heavy atom. The average molecular weight is 684 g/mol. The maximum Gasteiger partial charge on any atom is 0.159 e. The van der Waals surface area contributed by atoms with E-state index >= 15 is 0 Å². The highest BCUT2D eigenvalue weighted by Gasteiger charge is 2.36. The van der Waals surface area contributed by atoms with Crippen LogP contribution in [0.2, 0.25) is 0 Å². The number of thiophene rings is 1. The molecule has 246 valence electrons. The number of para-hydroxylation sites is 1. The number of hydrogen-bond acceptors (Lipinski definition) is 3. The number of furan rings is 1. The molecule has 0 saturated heterocycles. The summed E-state index contributed by atoms with van der Waals surface area (Å²) < 4.78 is 9.77. The van der Waals surface area contributed by atoms with E-state index in [2.05, 4.69) is 183 Å². The molecule has 0 N–H and O–H groups in total. The van der Waals surface area contributed by atoms with E-state index in [0.29, 0.717) is 0 Å². The van der Waals surface area contributed by atoms with Crippen LogP contribution in [0.4, 0.5) is 17.1 Å². The second kappa shape index (κ2) is 10.9. The molecule has 0 aliphatic heterocycles. The van der Waals surface area contributed by atoms with E-state index in [9.17, 15) is 0 Å². The van der Waals surface area contributed by atoms with Gasteiger partial charge in [-0.25, -0.2) is 0 Å². The fraction of sp³-hybridized carbons (Fsp3) is 0.0612. The molecular weight excluding hydrogens is 651 g/mol. The van der Waals surface area contributed by atoms with Gasteiger partial charge in [0.05, 0.1) is 16.1 Å². The molecule has 2 nitrogen and oxygen atoms in total. The largest absolute Gasteiger partial charge is 0.453 e. The zero-order chi connectivity index (χ0) is 34.6. The van der Waals surface area contributed by atoms with Crippen LogP contribution in [0.5, 0.6) is 0 Å². The van der Waals surface area contributed by atoms with Gasteiger partial charge in [0.1, 0.15) is 5.58 Å². The smallest absolute Gasteiger partial charge is 0.159 e. The SMILES string of the molecule is CC1(C)c2ccccc2-c2ccc(N(c3cccc4c3oc3c(-c5ccccc5)c5ccccc5cc34)c3cccc4c3sc3ccccc34)cc21. The van der Waals surface area contributed by atoms with E-state index in [-0.39, 0.29) is 5.41 Å². The molecular formula is C49H33NOS. The lowest BCUT2D eigenvalue weighted by molar-refractivity contribution is 0.660. The summed E-state index contributed by atoms with van der Waals surface area (Å²) in [5.74, 6) is 0. The monoisotopic (exact) mass is 683 g/mol. The summed E-state index contributed by atoms with van der Waals surface area (Å²) in [5, 5.41) is 7.18. The van der Waals surface area contributed by atoms with Crippen LogP contribution in [0, 0.1) is 0 Å². The maximum absolute atomic E-state index is 7.22. The molecule has 10 aromatic rings. The van der Waals surface area contributed by atoms with Gasteiger partial charge in [-0.05, 0) is 75.0 Å². The lowest BCUT2D eigenvalue weighted by Crippen LogP contribution is -2.16. The lowest BCUT2D eigenvalue weighted by Gasteiger charge is -2.28. The minimum absolute atomic E-state index is 0.132. The molecule has 3 heteroatoms. The van der Waals surface area contributed by atoms with E-state index in [1.807, 2.05) is 11.3 Å². The van der Waals surface area contributed by atoms with Crippen molar-refractivity contribution < 1.29 is 4.42 Å². The van der Waals surface area contributed by atoms with Gasteiger partial charge in [-0.15, -0.1) is 11.3 Å². The quantitative estimate of drug-likeness (QED) is 0.184. The van der Waals surface area contributed by atoms with Gasteiger partial charge in [-0.2, -0.15) is 0 Å². The van der Waals surface area contributed by atoms with Crippen LogP contribution in [0.15, 0.2) is 168 Å². The Balaban J connectivity index is 1.23. The summed E-state index contributed by atoms with van der Waals surface area (Å²) in [6.45, 7) is 4.71. The second-order valence-corrected chi connectivity index (χ2v) is 15.5. The molecule has 0 spiro atoms. The van der Waals surface area contributed by atoms with Crippen LogP contribution in [-0.2, 0) is 5.41 Å². The first-order valence-electron chi connectivity index (χ1n) is 17.9. The van der Waals surface area contributed by atoms with Crippen molar-refractivity contribution in [3.8, 4) is 22.3 Å². The van der Waals surface area contributed by atoms with Crippen LogP contribution in [0.25, 0.3) is 75.1 Å². The van der Waals surface area contributed by atoms with Crippen LogP contribution in [0.1, 0.15) is 25.0 Å². The Hall–Kier alpha value is -6.16. The van der Waals surface area contributed by atoms with E-state index < -0.39 is 0 Å². The third-order valence-electron chi connectivity index (χ3n) is 11.2. The van der Waals surface area contributed by atoms with Crippen LogP contribution >= 0.6 is 11.3 Å². The lowest BCUT2D eigenvalue weighted by atomic mass is 9.82. The topological polar surface area (TPSA) is 16.4 Å². The van der Waals surface area contributed by atoms with E-state index in [4.69, 9.17) is 4.42 Å². The van der Waals surface area contributed by atoms with Crippen molar-refractivity contribution in [3.05, 3.63) is 175 Å². The summed E-state index contributed by atoms with van der Waals surface area (Å²) in [6.07, 6.45) is 0. The molecule has 0 unspecified atom stereocenters. The first kappa shape index (κ1) is 29.6. The zero-order valence-electron chi connectivity index (χ0n) is 28.9. The maximum atomic E-state index is 7.22. The van der Waals surface area contributed by atoms with E-state index in [1.165, 1.54) is 53.2 Å². The third-order valence-corrected chi connectivity index (χ3v) is 12.5. The van der Waals surface area contributed by atoms with Gasteiger partial charge in [-0.3, -0.25) is 0 Å². The number of benzene rings is 8. The number of fused-ring (bicyclic) bond motifs is 10. The standard InChI is InChI=1S/C49H33NOS/c1-49(2)40-22-10-8-18-34(40)35-27-26-32(29-41(35)49)50(43-24-13-21-38-36-19-9-11-25-44(36)52-48(38)43)42-23-12-20-37-39-28-31-16-6-7-17-33(31)45(47(39)51-46(37)42)30-14-4-3-5-15-30/h3-29H,1-2H3. The number of hydrogen-bond donors (Lipinski definition) is 0. The van der Waals surface area contributed by atoms with Crippen molar-refractivity contribution in [2.24, 2.45) is 0 Å². The van der Waals surface area contributed by atoms with E-state index in [0.717, 1.165) is 50.1 Å². The molecule has 0 bridgehead atoms. The molecule has 2 aromatic heterocycles. The summed E-state index contributed by atoms with van der Waals surface area (Å²) >= 11 is 1.86. The van der Waals surface area contributed by atoms with Crippen molar-refractivity contribution in [2.75, 3.05) is 4.90 Å². The summed E-state index contributed by atoms with van der Waals surface area (Å²) in [4.78, 5) is 2.45. The Bertz CT molecular complexity index is 3060. The molecule has 11 rings (SSSR count). The average Bonchev–Trinajstić information content (AvgIpc) is 3.83. The Morgan fingerprint density at radius 3 is 2.08 bits per heavy atom.